The highest BCUT2D eigenvalue weighted by Crippen LogP contribution is 2.34. The molecule has 3 amide bonds. The third-order valence-electron chi connectivity index (χ3n) is 6.26. The lowest BCUT2D eigenvalue weighted by Gasteiger charge is -2.29. The Labute approximate surface area is 199 Å². The zero-order valence-corrected chi connectivity index (χ0v) is 19.9. The van der Waals surface area contributed by atoms with Crippen molar-refractivity contribution < 1.29 is 14.4 Å². The molecule has 1 aromatic rings. The molecule has 1 unspecified atom stereocenters. The van der Waals surface area contributed by atoms with E-state index in [1.807, 2.05) is 12.1 Å². The van der Waals surface area contributed by atoms with Gasteiger partial charge in [-0.3, -0.25) is 19.7 Å². The van der Waals surface area contributed by atoms with E-state index < -0.39 is 6.04 Å². The molecule has 9 heteroatoms. The fourth-order valence-corrected chi connectivity index (χ4v) is 5.53. The fourth-order valence-electron chi connectivity index (χ4n) is 4.44. The molecule has 0 aliphatic carbocycles. The van der Waals surface area contributed by atoms with Gasteiger partial charge >= 0.3 is 0 Å². The first-order chi connectivity index (χ1) is 16.1. The summed E-state index contributed by atoms with van der Waals surface area (Å²) in [7, 11) is 0. The Balaban J connectivity index is 1.34. The normalized spacial score (nSPS) is 17.6. The monoisotopic (exact) mass is 471 g/mol. The van der Waals surface area contributed by atoms with Crippen molar-refractivity contribution in [2.24, 2.45) is 5.11 Å². The highest BCUT2D eigenvalue weighted by atomic mass is 32.2. The van der Waals surface area contributed by atoms with Crippen molar-refractivity contribution in [1.82, 2.24) is 10.2 Å². The van der Waals surface area contributed by atoms with Gasteiger partial charge in [-0.15, -0.1) is 11.8 Å². The van der Waals surface area contributed by atoms with Crippen LogP contribution in [0.5, 0.6) is 0 Å². The molecule has 1 aromatic carbocycles. The predicted octanol–water partition coefficient (Wildman–Crippen LogP) is 5.36. The van der Waals surface area contributed by atoms with E-state index in [0.29, 0.717) is 25.1 Å². The lowest BCUT2D eigenvalue weighted by Crippen LogP contribution is -2.52. The van der Waals surface area contributed by atoms with Crippen molar-refractivity contribution >= 4 is 29.5 Å². The number of nitrogens with zero attached hydrogens (tertiary/aromatic N) is 4. The highest BCUT2D eigenvalue weighted by molar-refractivity contribution is 7.99. The van der Waals surface area contributed by atoms with Gasteiger partial charge in [0.05, 0.1) is 0 Å². The predicted molar refractivity (Wildman–Crippen MR) is 129 cm³/mol. The van der Waals surface area contributed by atoms with Crippen molar-refractivity contribution in [2.45, 2.75) is 88.1 Å². The largest absolute Gasteiger partial charge is 0.322 e. The number of azide groups is 1. The molecule has 0 spiro atoms. The summed E-state index contributed by atoms with van der Waals surface area (Å²) >= 11 is 1.79. The van der Waals surface area contributed by atoms with E-state index in [1.165, 1.54) is 38.5 Å². The topological polar surface area (TPSA) is 115 Å². The van der Waals surface area contributed by atoms with E-state index in [2.05, 4.69) is 21.4 Å². The van der Waals surface area contributed by atoms with Crippen LogP contribution < -0.4 is 5.32 Å². The number of unbranched alkanes of at least 4 members (excludes halogenated alkanes) is 8. The molecule has 2 heterocycles. The van der Waals surface area contributed by atoms with Crippen molar-refractivity contribution in [3.8, 4) is 0 Å². The van der Waals surface area contributed by atoms with Gasteiger partial charge in [0, 0.05) is 34.9 Å². The lowest BCUT2D eigenvalue weighted by molar-refractivity contribution is -0.136. The highest BCUT2D eigenvalue weighted by Gasteiger charge is 2.39. The minimum atomic E-state index is -0.563. The summed E-state index contributed by atoms with van der Waals surface area (Å²) in [5, 5.41) is 5.91. The number of hydrogen-bond acceptors (Lipinski definition) is 5. The molecular weight excluding hydrogens is 438 g/mol. The van der Waals surface area contributed by atoms with Crippen LogP contribution in [0, 0.1) is 0 Å². The van der Waals surface area contributed by atoms with E-state index >= 15 is 0 Å². The number of imide groups is 1. The summed E-state index contributed by atoms with van der Waals surface area (Å²) in [5.41, 5.74) is 9.93. The molecule has 1 N–H and O–H groups in total. The molecule has 0 saturated carbocycles. The summed E-state index contributed by atoms with van der Waals surface area (Å²) in [5.74, 6) is 0.274. The molecule has 3 rings (SSSR count). The van der Waals surface area contributed by atoms with Gasteiger partial charge in [0.2, 0.25) is 11.8 Å². The molecule has 33 heavy (non-hydrogen) atoms. The maximum atomic E-state index is 12.9. The Morgan fingerprint density at radius 1 is 1.03 bits per heavy atom. The van der Waals surface area contributed by atoms with Crippen LogP contribution >= 0.6 is 11.8 Å². The average molecular weight is 472 g/mol. The van der Waals surface area contributed by atoms with Crippen molar-refractivity contribution in [1.29, 1.82) is 0 Å². The molecule has 0 aromatic heterocycles. The third kappa shape index (κ3) is 7.24. The molecule has 1 fully saturated rings. The van der Waals surface area contributed by atoms with Crippen LogP contribution in [-0.2, 0) is 16.1 Å². The van der Waals surface area contributed by atoms with Gasteiger partial charge < -0.3 is 4.90 Å². The number of thioether (sulfide) groups is 1. The van der Waals surface area contributed by atoms with Crippen LogP contribution in [0.2, 0.25) is 0 Å². The smallest absolute Gasteiger partial charge is 0.255 e. The van der Waals surface area contributed by atoms with E-state index in [4.69, 9.17) is 5.53 Å². The van der Waals surface area contributed by atoms with E-state index in [-0.39, 0.29) is 24.1 Å². The van der Waals surface area contributed by atoms with Gasteiger partial charge in [-0.2, -0.15) is 0 Å². The maximum Gasteiger partial charge on any atom is 0.255 e. The van der Waals surface area contributed by atoms with Gasteiger partial charge in [0.1, 0.15) is 6.04 Å². The summed E-state index contributed by atoms with van der Waals surface area (Å²) in [6.07, 6.45) is 11.4. The standard InChI is InChI=1S/C24H33N5O3S/c25-28-26-15-8-6-4-2-1-3-5-7-9-16-33-21-12-10-11-18-19(21)17-29(24(18)32)20-13-14-22(30)27-23(20)31/h10-12,20H,1-9,13-17H2,(H,27,30,31). The molecule has 2 aliphatic heterocycles. The second kappa shape index (κ2) is 13.3. The Morgan fingerprint density at radius 3 is 2.42 bits per heavy atom. The number of carbonyl (C=O) groups is 3. The molecule has 1 atom stereocenters. The van der Waals surface area contributed by atoms with Gasteiger partial charge in [-0.1, -0.05) is 56.1 Å². The van der Waals surface area contributed by atoms with Gasteiger partial charge in [-0.25, -0.2) is 0 Å². The number of rotatable bonds is 14. The number of nitrogens with one attached hydrogen (secondary N) is 1. The number of fused-ring (bicyclic) bond motifs is 1. The van der Waals surface area contributed by atoms with Crippen LogP contribution in [0.3, 0.4) is 0 Å². The summed E-state index contributed by atoms with van der Waals surface area (Å²) in [4.78, 5) is 42.1. The van der Waals surface area contributed by atoms with Gasteiger partial charge in [0.25, 0.3) is 5.91 Å². The molecule has 2 aliphatic rings. The fraction of sp³-hybridized carbons (Fsp3) is 0.625. The van der Waals surface area contributed by atoms with Crippen molar-refractivity contribution in [3.05, 3.63) is 39.8 Å². The second-order valence-corrected chi connectivity index (χ2v) is 9.80. The maximum absolute atomic E-state index is 12.9. The molecule has 0 radical (unpaired) electrons. The van der Waals surface area contributed by atoms with Crippen molar-refractivity contribution in [3.63, 3.8) is 0 Å². The zero-order chi connectivity index (χ0) is 23.5. The number of amides is 3. The first-order valence-corrected chi connectivity index (χ1v) is 13.0. The van der Waals surface area contributed by atoms with Crippen LogP contribution in [-0.4, -0.2) is 41.0 Å². The van der Waals surface area contributed by atoms with Crippen molar-refractivity contribution in [2.75, 3.05) is 12.3 Å². The second-order valence-electron chi connectivity index (χ2n) is 8.67. The minimum absolute atomic E-state index is 0.111. The Hall–Kier alpha value is -2.51. The Bertz CT molecular complexity index is 900. The molecule has 0 bridgehead atoms. The summed E-state index contributed by atoms with van der Waals surface area (Å²) in [6.45, 7) is 1.05. The Kier molecular flexibility index (Phi) is 10.1. The molecule has 178 valence electrons. The Morgan fingerprint density at radius 2 is 1.73 bits per heavy atom. The van der Waals surface area contributed by atoms with Gasteiger partial charge in [0.15, 0.2) is 0 Å². The molecule has 8 nitrogen and oxygen atoms in total. The number of hydrogen-bond donors (Lipinski definition) is 1. The molecular formula is C24H33N5O3S. The van der Waals surface area contributed by atoms with Crippen LogP contribution in [0.4, 0.5) is 0 Å². The van der Waals surface area contributed by atoms with Crippen LogP contribution in [0.25, 0.3) is 10.4 Å². The van der Waals surface area contributed by atoms with E-state index in [0.717, 1.165) is 35.5 Å². The number of carbonyl (C=O) groups excluding carboxylic acids is 3. The summed E-state index contributed by atoms with van der Waals surface area (Å²) in [6, 6.07) is 5.25. The lowest BCUT2D eigenvalue weighted by atomic mass is 10.0. The summed E-state index contributed by atoms with van der Waals surface area (Å²) < 4.78 is 0. The SMILES string of the molecule is [N-]=[N+]=NCCCCCCCCCCCSc1cccc2c1CN(C1CCC(=O)NC1=O)C2=O. The average Bonchev–Trinajstić information content (AvgIpc) is 3.14. The first kappa shape index (κ1) is 25.1. The zero-order valence-electron chi connectivity index (χ0n) is 19.1. The van der Waals surface area contributed by atoms with E-state index in [9.17, 15) is 14.4 Å². The number of piperidine rings is 1. The quantitative estimate of drug-likeness (QED) is 0.0981. The minimum Gasteiger partial charge on any atom is -0.322 e. The van der Waals surface area contributed by atoms with Gasteiger partial charge in [-0.05, 0) is 48.2 Å². The van der Waals surface area contributed by atoms with Crippen LogP contribution in [0.15, 0.2) is 28.2 Å². The number of benzene rings is 1. The first-order valence-electron chi connectivity index (χ1n) is 12.0. The molecule has 1 saturated heterocycles. The van der Waals surface area contributed by atoms with E-state index in [1.54, 1.807) is 16.7 Å². The third-order valence-corrected chi connectivity index (χ3v) is 7.45. The van der Waals surface area contributed by atoms with Crippen LogP contribution in [0.1, 0.15) is 86.6 Å².